The van der Waals surface area contributed by atoms with E-state index in [-0.39, 0.29) is 73.5 Å². The second-order valence-corrected chi connectivity index (χ2v) is 15.0. The molecule has 2 amide bonds. The summed E-state index contributed by atoms with van der Waals surface area (Å²) in [6.45, 7) is 14.2. The van der Waals surface area contributed by atoms with E-state index in [2.05, 4.69) is 55.5 Å². The molecule has 4 rings (SSSR count). The molecule has 4 heterocycles. The summed E-state index contributed by atoms with van der Waals surface area (Å²) < 4.78 is 13.2. The lowest BCUT2D eigenvalue weighted by Crippen LogP contribution is -2.50. The molecule has 1 atom stereocenters. The van der Waals surface area contributed by atoms with Gasteiger partial charge in [0, 0.05) is 94.3 Å². The van der Waals surface area contributed by atoms with Gasteiger partial charge in [0.1, 0.15) is 11.4 Å². The fourth-order valence-corrected chi connectivity index (χ4v) is 7.28. The van der Waals surface area contributed by atoms with Gasteiger partial charge in [-0.1, -0.05) is 34.6 Å². The molecule has 1 unspecified atom stereocenters. The molecule has 0 saturated carbocycles. The third-order valence-electron chi connectivity index (χ3n) is 10.0. The van der Waals surface area contributed by atoms with Crippen LogP contribution < -0.4 is 0 Å². The van der Waals surface area contributed by atoms with Crippen LogP contribution in [0.1, 0.15) is 90.4 Å². The van der Waals surface area contributed by atoms with Crippen LogP contribution in [-0.4, -0.2) is 124 Å². The van der Waals surface area contributed by atoms with E-state index in [9.17, 15) is 19.2 Å². The van der Waals surface area contributed by atoms with Gasteiger partial charge < -0.3 is 28.9 Å². The Morgan fingerprint density at radius 1 is 0.980 bits per heavy atom. The van der Waals surface area contributed by atoms with Gasteiger partial charge in [-0.05, 0) is 30.4 Å². The number of pyridine rings is 1. The number of hydrazine groups is 1. The molecule has 2 aromatic heterocycles. The molecule has 0 aliphatic carbocycles. The molecule has 1 fully saturated rings. The lowest BCUT2D eigenvalue weighted by molar-refractivity contribution is -0.139. The minimum atomic E-state index is -0.912. The van der Waals surface area contributed by atoms with Crippen molar-refractivity contribution in [2.75, 3.05) is 60.2 Å². The van der Waals surface area contributed by atoms with Gasteiger partial charge in [-0.25, -0.2) is 15.0 Å². The van der Waals surface area contributed by atoms with Crippen molar-refractivity contribution in [3.63, 3.8) is 0 Å². The van der Waals surface area contributed by atoms with E-state index in [0.29, 0.717) is 58.7 Å². The minimum Gasteiger partial charge on any atom is -0.481 e. The Morgan fingerprint density at radius 3 is 2.30 bits per heavy atom. The third kappa shape index (κ3) is 9.89. The molecule has 0 spiro atoms. The fraction of sp³-hybridized carbons (Fsp3) is 0.703. The van der Waals surface area contributed by atoms with Gasteiger partial charge in [-0.3, -0.25) is 19.2 Å². The molecule has 2 aliphatic rings. The summed E-state index contributed by atoms with van der Waals surface area (Å²) in [6, 6.07) is 4.25. The smallest absolute Gasteiger partial charge is 0.305 e. The van der Waals surface area contributed by atoms with Crippen molar-refractivity contribution in [1.29, 1.82) is 0 Å². The lowest BCUT2D eigenvalue weighted by Gasteiger charge is -2.46. The number of carboxylic acids is 1. The Balaban J connectivity index is 1.37. The number of nitrogens with zero attached hydrogens (tertiary/aromatic N) is 6. The molecule has 50 heavy (non-hydrogen) atoms. The number of aliphatic carboxylic acids is 1. The first-order valence-electron chi connectivity index (χ1n) is 18.1. The van der Waals surface area contributed by atoms with Gasteiger partial charge in [0.25, 0.3) is 0 Å². The number of carboxylic acid groups (broad SMARTS) is 1. The number of aromatic nitrogens is 2. The van der Waals surface area contributed by atoms with E-state index in [1.54, 1.807) is 0 Å². The van der Waals surface area contributed by atoms with Gasteiger partial charge >= 0.3 is 5.97 Å². The lowest BCUT2D eigenvalue weighted by atomic mass is 9.80. The predicted octanol–water partition coefficient (Wildman–Crippen LogP) is 4.14. The average molecular weight is 699 g/mol. The zero-order valence-electron chi connectivity index (χ0n) is 31.2. The Morgan fingerprint density at radius 2 is 1.66 bits per heavy atom. The Kier molecular flexibility index (Phi) is 13.9. The van der Waals surface area contributed by atoms with Gasteiger partial charge in [0.15, 0.2) is 0 Å². The molecule has 0 radical (unpaired) electrons. The summed E-state index contributed by atoms with van der Waals surface area (Å²) in [7, 11) is 4.25. The van der Waals surface area contributed by atoms with Crippen molar-refractivity contribution >= 4 is 34.6 Å². The molecule has 13 heteroatoms. The number of amides is 2. The highest BCUT2D eigenvalue weighted by Crippen LogP contribution is 2.46. The quantitative estimate of drug-likeness (QED) is 0.240. The highest BCUT2D eigenvalue weighted by atomic mass is 16.5. The molecule has 278 valence electrons. The Hall–Kier alpha value is -3.39. The van der Waals surface area contributed by atoms with Crippen LogP contribution in [0, 0.1) is 11.3 Å². The number of rotatable bonds is 17. The van der Waals surface area contributed by atoms with E-state index < -0.39 is 5.97 Å². The van der Waals surface area contributed by atoms with Crippen LogP contribution in [0.15, 0.2) is 18.3 Å². The molecule has 0 bridgehead atoms. The summed E-state index contributed by atoms with van der Waals surface area (Å²) in [5, 5.41) is 14.4. The van der Waals surface area contributed by atoms with Crippen LogP contribution >= 0.6 is 0 Å². The second-order valence-electron chi connectivity index (χ2n) is 15.0. The normalized spacial score (nSPS) is 17.8. The summed E-state index contributed by atoms with van der Waals surface area (Å²) >= 11 is 0. The maximum atomic E-state index is 13.6. The van der Waals surface area contributed by atoms with Crippen LogP contribution in [0.25, 0.3) is 11.0 Å². The molecule has 1 N–H and O–H groups in total. The van der Waals surface area contributed by atoms with Crippen LogP contribution in [-0.2, 0) is 41.7 Å². The van der Waals surface area contributed by atoms with Crippen molar-refractivity contribution in [1.82, 2.24) is 29.4 Å². The van der Waals surface area contributed by atoms with E-state index >= 15 is 0 Å². The molecule has 1 saturated heterocycles. The fourth-order valence-electron chi connectivity index (χ4n) is 7.28. The summed E-state index contributed by atoms with van der Waals surface area (Å²) in [5.74, 6) is -0.957. The maximum Gasteiger partial charge on any atom is 0.305 e. The molecule has 2 aliphatic heterocycles. The number of ether oxygens (including phenoxy) is 2. The van der Waals surface area contributed by atoms with Crippen LogP contribution in [0.2, 0.25) is 0 Å². The van der Waals surface area contributed by atoms with Crippen molar-refractivity contribution in [3.05, 3.63) is 29.6 Å². The van der Waals surface area contributed by atoms with Crippen LogP contribution in [0.5, 0.6) is 0 Å². The Bertz CT molecular complexity index is 1480. The molecular formula is C37H58N6O7. The number of fused-ring (bicyclic) bond motifs is 3. The largest absolute Gasteiger partial charge is 0.481 e. The van der Waals surface area contributed by atoms with E-state index in [1.165, 1.54) is 11.3 Å². The SMILES string of the molecule is CC(C)C(=O)CCC(=O)N(CCOCCOCCC(=O)O)C1CCN(C(=O)CCn2c3c(c4cccnc42)C(C(C)(C)C)N(C)N(C)C3)CC1. The van der Waals surface area contributed by atoms with Gasteiger partial charge in [0.2, 0.25) is 11.8 Å². The number of carbonyl (C=O) groups is 4. The van der Waals surface area contributed by atoms with Gasteiger partial charge in [-0.2, -0.15) is 0 Å². The molecule has 13 nitrogen and oxygen atoms in total. The Labute approximate surface area is 296 Å². The highest BCUT2D eigenvalue weighted by Gasteiger charge is 2.40. The number of aryl methyl sites for hydroxylation is 1. The predicted molar refractivity (Wildman–Crippen MR) is 190 cm³/mol. The van der Waals surface area contributed by atoms with E-state index in [1.807, 2.05) is 35.9 Å². The second kappa shape index (κ2) is 17.7. The first-order valence-corrected chi connectivity index (χ1v) is 18.1. The summed E-state index contributed by atoms with van der Waals surface area (Å²) in [5.41, 5.74) is 3.41. The molecule has 2 aromatic rings. The van der Waals surface area contributed by atoms with Crippen molar-refractivity contribution < 1.29 is 33.8 Å². The molecule has 0 aromatic carbocycles. The van der Waals surface area contributed by atoms with Crippen molar-refractivity contribution in [3.8, 4) is 0 Å². The van der Waals surface area contributed by atoms with Crippen LogP contribution in [0.4, 0.5) is 0 Å². The summed E-state index contributed by atoms with van der Waals surface area (Å²) in [4.78, 5) is 58.5. The number of piperidine rings is 1. The number of hydrogen-bond acceptors (Lipinski definition) is 9. The average Bonchev–Trinajstić information content (AvgIpc) is 3.37. The van der Waals surface area contributed by atoms with E-state index in [0.717, 1.165) is 17.6 Å². The monoisotopic (exact) mass is 698 g/mol. The first kappa shape index (κ1) is 39.4. The summed E-state index contributed by atoms with van der Waals surface area (Å²) in [6.07, 6.45) is 3.79. The number of ketones is 1. The topological polar surface area (TPSA) is 138 Å². The number of likely N-dealkylation sites (tertiary alicyclic amines) is 1. The van der Waals surface area contributed by atoms with Crippen LogP contribution in [0.3, 0.4) is 0 Å². The standard InChI is InChI=1S/C37H58N6O7/c1-26(2)30(44)10-11-32(46)42(20-22-50-24-23-49-21-15-33(47)48)27-12-17-41(18-13-27)31(45)14-19-43-29-25-39(6)40(7)35(37(3,4)5)34(29)28-9-8-16-38-36(28)43/h8-9,16,26-27,35H,10-15,17-25H2,1-7H3,(H,47,48). The zero-order chi connectivity index (χ0) is 36.6. The van der Waals surface area contributed by atoms with Gasteiger partial charge in [0.05, 0.1) is 45.4 Å². The van der Waals surface area contributed by atoms with E-state index in [4.69, 9.17) is 19.6 Å². The van der Waals surface area contributed by atoms with Gasteiger partial charge in [-0.15, -0.1) is 0 Å². The van der Waals surface area contributed by atoms with Crippen molar-refractivity contribution in [2.45, 2.75) is 98.3 Å². The number of Topliss-reactive ketones (excluding diaryl/α,β-unsaturated/α-hetero) is 1. The maximum absolute atomic E-state index is 13.6. The third-order valence-corrected chi connectivity index (χ3v) is 10.0. The number of carbonyl (C=O) groups excluding carboxylic acids is 3. The minimum absolute atomic E-state index is 0.0175. The zero-order valence-corrected chi connectivity index (χ0v) is 31.2. The molecular weight excluding hydrogens is 640 g/mol. The number of hydrogen-bond donors (Lipinski definition) is 1. The van der Waals surface area contributed by atoms with Crippen molar-refractivity contribution in [2.24, 2.45) is 11.3 Å². The first-order chi connectivity index (χ1) is 23.7. The highest BCUT2D eigenvalue weighted by molar-refractivity contribution is 5.86.